The van der Waals surface area contributed by atoms with E-state index in [0.717, 1.165) is 0 Å². The van der Waals surface area contributed by atoms with Crippen LogP contribution in [0.5, 0.6) is 5.75 Å². The number of nitrogens with one attached hydrogen (secondary N) is 2. The fourth-order valence-corrected chi connectivity index (χ4v) is 4.19. The Morgan fingerprint density at radius 2 is 1.84 bits per heavy atom. The fourth-order valence-electron chi connectivity index (χ4n) is 3.26. The summed E-state index contributed by atoms with van der Waals surface area (Å²) in [6.45, 7) is 7.16. The van der Waals surface area contributed by atoms with Gasteiger partial charge in [-0.2, -0.15) is 0 Å². The molecular weight excluding hydrogens is 418 g/mol. The quantitative estimate of drug-likeness (QED) is 0.589. The highest BCUT2D eigenvalue weighted by Gasteiger charge is 2.27. The van der Waals surface area contributed by atoms with Gasteiger partial charge >= 0.3 is 0 Å². The second kappa shape index (κ2) is 10.8. The molecule has 1 heterocycles. The van der Waals surface area contributed by atoms with Crippen molar-refractivity contribution in [3.05, 3.63) is 29.8 Å². The Morgan fingerprint density at radius 1 is 1.19 bits per heavy atom. The predicted octanol–water partition coefficient (Wildman–Crippen LogP) is 2.02. The highest BCUT2D eigenvalue weighted by molar-refractivity contribution is 7.89. The van der Waals surface area contributed by atoms with Crippen molar-refractivity contribution in [2.24, 2.45) is 11.8 Å². The summed E-state index contributed by atoms with van der Waals surface area (Å²) in [7, 11) is -0.966. The van der Waals surface area contributed by atoms with Gasteiger partial charge in [0.1, 0.15) is 10.6 Å². The Labute approximate surface area is 185 Å². The molecule has 1 fully saturated rings. The molecule has 1 aromatic carbocycles. The third kappa shape index (κ3) is 6.54. The number of ether oxygens (including phenoxy) is 1. The molecule has 1 saturated heterocycles. The molecule has 1 unspecified atom stereocenters. The molecule has 8 nitrogen and oxygen atoms in total. The van der Waals surface area contributed by atoms with Crippen LogP contribution >= 0.6 is 0 Å². The van der Waals surface area contributed by atoms with Crippen molar-refractivity contribution in [1.82, 2.24) is 14.9 Å². The molecule has 9 heteroatoms. The minimum absolute atomic E-state index is 0.00884. The van der Waals surface area contributed by atoms with Gasteiger partial charge < -0.3 is 15.0 Å². The number of rotatable bonds is 8. The molecule has 1 aromatic rings. The average molecular weight is 452 g/mol. The Hall–Kier alpha value is -2.39. The van der Waals surface area contributed by atoms with Gasteiger partial charge in [-0.05, 0) is 56.5 Å². The summed E-state index contributed by atoms with van der Waals surface area (Å²) in [5, 5.41) is 3.05. The SMILES string of the molecule is CNS(=O)(=O)c1cc(/C=C/C(=O)N2CCC(C(=O)NC(C)C(C)C)CC2)ccc1OC. The van der Waals surface area contributed by atoms with Gasteiger partial charge in [-0.15, -0.1) is 0 Å². The van der Waals surface area contributed by atoms with E-state index in [2.05, 4.69) is 23.9 Å². The summed E-state index contributed by atoms with van der Waals surface area (Å²) in [6, 6.07) is 4.82. The van der Waals surface area contributed by atoms with E-state index in [0.29, 0.717) is 37.4 Å². The zero-order valence-electron chi connectivity index (χ0n) is 18.8. The molecule has 0 aromatic heterocycles. The molecular formula is C22H33N3O5S. The number of carbonyl (C=O) groups excluding carboxylic acids is 2. The van der Waals surface area contributed by atoms with E-state index >= 15 is 0 Å². The third-order valence-electron chi connectivity index (χ3n) is 5.71. The molecule has 2 rings (SSSR count). The highest BCUT2D eigenvalue weighted by atomic mass is 32.2. The summed E-state index contributed by atoms with van der Waals surface area (Å²) in [5.41, 5.74) is 0.569. The minimum atomic E-state index is -3.69. The van der Waals surface area contributed by atoms with Gasteiger partial charge in [0, 0.05) is 31.1 Å². The van der Waals surface area contributed by atoms with Crippen LogP contribution in [0.1, 0.15) is 39.2 Å². The molecule has 0 bridgehead atoms. The Morgan fingerprint density at radius 3 is 2.39 bits per heavy atom. The maximum atomic E-state index is 12.6. The lowest BCUT2D eigenvalue weighted by Crippen LogP contribution is -2.45. The van der Waals surface area contributed by atoms with E-state index in [-0.39, 0.29) is 34.4 Å². The van der Waals surface area contributed by atoms with Crippen LogP contribution in [0, 0.1) is 11.8 Å². The largest absolute Gasteiger partial charge is 0.495 e. The van der Waals surface area contributed by atoms with Crippen molar-refractivity contribution in [3.8, 4) is 5.75 Å². The van der Waals surface area contributed by atoms with Crippen molar-refractivity contribution in [3.63, 3.8) is 0 Å². The van der Waals surface area contributed by atoms with E-state index in [1.54, 1.807) is 23.1 Å². The first-order valence-corrected chi connectivity index (χ1v) is 12.0. The minimum Gasteiger partial charge on any atom is -0.495 e. The molecule has 1 aliphatic heterocycles. The number of amides is 2. The van der Waals surface area contributed by atoms with Gasteiger partial charge in [-0.1, -0.05) is 19.9 Å². The van der Waals surface area contributed by atoms with Crippen molar-refractivity contribution in [2.75, 3.05) is 27.2 Å². The van der Waals surface area contributed by atoms with Crippen LogP contribution in [-0.4, -0.2) is 58.4 Å². The Bertz CT molecular complexity index is 919. The van der Waals surface area contributed by atoms with Crippen molar-refractivity contribution < 1.29 is 22.7 Å². The zero-order valence-corrected chi connectivity index (χ0v) is 19.7. The molecule has 172 valence electrons. The van der Waals surface area contributed by atoms with Crippen LogP contribution in [0.4, 0.5) is 0 Å². The fraction of sp³-hybridized carbons (Fsp3) is 0.545. The summed E-state index contributed by atoms with van der Waals surface area (Å²) in [6.07, 6.45) is 4.27. The van der Waals surface area contributed by atoms with Crippen LogP contribution in [0.2, 0.25) is 0 Å². The summed E-state index contributed by atoms with van der Waals surface area (Å²) < 4.78 is 31.8. The first-order valence-electron chi connectivity index (χ1n) is 10.5. The van der Waals surface area contributed by atoms with E-state index in [4.69, 9.17) is 4.74 Å². The number of methoxy groups -OCH3 is 1. The number of nitrogens with zero attached hydrogens (tertiary/aromatic N) is 1. The third-order valence-corrected chi connectivity index (χ3v) is 7.15. The number of benzene rings is 1. The monoisotopic (exact) mass is 451 g/mol. The highest BCUT2D eigenvalue weighted by Crippen LogP contribution is 2.25. The van der Waals surface area contributed by atoms with Gasteiger partial charge in [0.2, 0.25) is 21.8 Å². The number of sulfonamides is 1. The number of hydrogen-bond acceptors (Lipinski definition) is 5. The van der Waals surface area contributed by atoms with E-state index in [1.807, 2.05) is 6.92 Å². The lowest BCUT2D eigenvalue weighted by Gasteiger charge is -2.31. The second-order valence-electron chi connectivity index (χ2n) is 8.09. The molecule has 2 amide bonds. The van der Waals surface area contributed by atoms with Gasteiger partial charge in [-0.3, -0.25) is 9.59 Å². The van der Waals surface area contributed by atoms with Crippen molar-refractivity contribution in [2.45, 2.75) is 44.6 Å². The summed E-state index contributed by atoms with van der Waals surface area (Å²) >= 11 is 0. The first kappa shape index (κ1) is 24.9. The topological polar surface area (TPSA) is 105 Å². The Balaban J connectivity index is 1.99. The number of piperidine rings is 1. The van der Waals surface area contributed by atoms with Crippen LogP contribution in [0.25, 0.3) is 6.08 Å². The molecule has 0 spiro atoms. The first-order chi connectivity index (χ1) is 14.6. The zero-order chi connectivity index (χ0) is 23.2. The maximum absolute atomic E-state index is 12.6. The van der Waals surface area contributed by atoms with Gasteiger partial charge in [0.05, 0.1) is 7.11 Å². The molecule has 1 atom stereocenters. The van der Waals surface area contributed by atoms with Gasteiger partial charge in [0.15, 0.2) is 0 Å². The maximum Gasteiger partial charge on any atom is 0.246 e. The summed E-state index contributed by atoms with van der Waals surface area (Å²) in [5.74, 6) is 0.413. The lowest BCUT2D eigenvalue weighted by atomic mass is 9.94. The lowest BCUT2D eigenvalue weighted by molar-refractivity contribution is -0.132. The molecule has 0 radical (unpaired) electrons. The smallest absolute Gasteiger partial charge is 0.246 e. The number of hydrogen-bond donors (Lipinski definition) is 2. The normalized spacial score (nSPS) is 16.5. The van der Waals surface area contributed by atoms with Crippen molar-refractivity contribution in [1.29, 1.82) is 0 Å². The number of likely N-dealkylation sites (tertiary alicyclic amines) is 1. The number of carbonyl (C=O) groups is 2. The summed E-state index contributed by atoms with van der Waals surface area (Å²) in [4.78, 5) is 26.7. The van der Waals surface area contributed by atoms with Crippen LogP contribution in [0.15, 0.2) is 29.2 Å². The molecule has 0 aliphatic carbocycles. The van der Waals surface area contributed by atoms with Gasteiger partial charge in [-0.25, -0.2) is 13.1 Å². The average Bonchev–Trinajstić information content (AvgIpc) is 2.77. The van der Waals surface area contributed by atoms with Crippen LogP contribution < -0.4 is 14.8 Å². The molecule has 0 saturated carbocycles. The standard InChI is InChI=1S/C22H33N3O5S/c1-15(2)16(3)24-22(27)18-10-12-25(13-11-18)21(26)9-7-17-6-8-19(30-5)20(14-17)31(28,29)23-4/h6-9,14-16,18,23H,10-13H2,1-5H3,(H,24,27)/b9-7+. The second-order valence-corrected chi connectivity index (χ2v) is 9.95. The predicted molar refractivity (Wildman–Crippen MR) is 120 cm³/mol. The van der Waals surface area contributed by atoms with Crippen LogP contribution in [-0.2, 0) is 19.6 Å². The van der Waals surface area contributed by atoms with Crippen molar-refractivity contribution >= 4 is 27.9 Å². The molecule has 31 heavy (non-hydrogen) atoms. The molecule has 2 N–H and O–H groups in total. The van der Waals surface area contributed by atoms with E-state index < -0.39 is 10.0 Å². The van der Waals surface area contributed by atoms with Crippen LogP contribution in [0.3, 0.4) is 0 Å². The van der Waals surface area contributed by atoms with E-state index in [1.165, 1.54) is 26.3 Å². The van der Waals surface area contributed by atoms with Gasteiger partial charge in [0.25, 0.3) is 0 Å². The molecule has 1 aliphatic rings. The Kier molecular flexibility index (Phi) is 8.64. The van der Waals surface area contributed by atoms with E-state index in [9.17, 15) is 18.0 Å².